The molecule has 0 amide bonds. The Morgan fingerprint density at radius 3 is 2.37 bits per heavy atom. The minimum absolute atomic E-state index is 0.0611. The smallest absolute Gasteiger partial charge is 0.337 e. The number of rotatable bonds is 4. The van der Waals surface area contributed by atoms with E-state index in [-0.39, 0.29) is 23.9 Å². The summed E-state index contributed by atoms with van der Waals surface area (Å²) in [4.78, 5) is 11.8. The first kappa shape index (κ1) is 19.7. The number of nitrogens with two attached hydrogens (primary N) is 1. The zero-order valence-corrected chi connectivity index (χ0v) is 17.0. The summed E-state index contributed by atoms with van der Waals surface area (Å²) < 4.78 is 4.79. The summed E-state index contributed by atoms with van der Waals surface area (Å²) in [6.45, 7) is 2.07. The molecule has 5 nitrogen and oxygen atoms in total. The van der Waals surface area contributed by atoms with Crippen LogP contribution in [0.3, 0.4) is 0 Å². The van der Waals surface area contributed by atoms with Crippen molar-refractivity contribution in [1.82, 2.24) is 5.32 Å². The van der Waals surface area contributed by atoms with Crippen LogP contribution in [0.15, 0.2) is 78.9 Å². The van der Waals surface area contributed by atoms with Gasteiger partial charge in [0.05, 0.1) is 18.2 Å². The van der Waals surface area contributed by atoms with Gasteiger partial charge in [-0.25, -0.2) is 4.79 Å². The number of aromatic hydroxyl groups is 1. The van der Waals surface area contributed by atoms with Crippen LogP contribution in [0.5, 0.6) is 5.75 Å². The number of hydrogen-bond acceptors (Lipinski definition) is 4. The fourth-order valence-corrected chi connectivity index (χ4v) is 3.72. The van der Waals surface area contributed by atoms with Crippen molar-refractivity contribution in [3.8, 4) is 5.75 Å². The molecule has 1 aliphatic rings. The Balaban J connectivity index is 1.70. The Bertz CT molecular complexity index is 1070. The lowest BCUT2D eigenvalue weighted by Crippen LogP contribution is -2.89. The van der Waals surface area contributed by atoms with E-state index in [4.69, 9.17) is 4.74 Å². The van der Waals surface area contributed by atoms with Gasteiger partial charge in [-0.15, -0.1) is 0 Å². The summed E-state index contributed by atoms with van der Waals surface area (Å²) in [6.07, 6.45) is 2.06. The van der Waals surface area contributed by atoms with Gasteiger partial charge < -0.3 is 20.5 Å². The van der Waals surface area contributed by atoms with Crippen LogP contribution >= 0.6 is 0 Å². The largest absolute Gasteiger partial charge is 0.507 e. The highest BCUT2D eigenvalue weighted by Gasteiger charge is 2.29. The van der Waals surface area contributed by atoms with Crippen molar-refractivity contribution in [2.24, 2.45) is 0 Å². The molecule has 2 unspecified atom stereocenters. The zero-order valence-electron chi connectivity index (χ0n) is 17.0. The van der Waals surface area contributed by atoms with Crippen molar-refractivity contribution < 1.29 is 20.0 Å². The third kappa shape index (κ3) is 4.07. The van der Waals surface area contributed by atoms with E-state index in [0.29, 0.717) is 5.56 Å². The quantitative estimate of drug-likeness (QED) is 0.586. The number of carbonyl (C=O) groups is 1. The molecule has 1 aliphatic heterocycles. The van der Waals surface area contributed by atoms with Gasteiger partial charge in [-0.2, -0.15) is 0 Å². The summed E-state index contributed by atoms with van der Waals surface area (Å²) in [5, 5.41) is 16.2. The van der Waals surface area contributed by atoms with E-state index in [2.05, 4.69) is 47.9 Å². The standard InChI is InChI=1S/C25H24N2O3/c1-16-7-9-17(10-8-16)21-15-22(20-5-3-4-6-23(20)28)27-24(26-21)18-11-13-19(14-12-18)25(29)30-2/h3-15,22,24,26-28H,1-2H3/p+1. The molecule has 0 spiro atoms. The SMILES string of the molecule is COC(=O)c1ccc(C2NC(c3ccc(C)cc3)=CC(c3ccccc3O)[NH2+]2)cc1. The second-order valence-electron chi connectivity index (χ2n) is 7.46. The third-order valence-corrected chi connectivity index (χ3v) is 5.41. The average molecular weight is 401 g/mol. The van der Waals surface area contributed by atoms with Gasteiger partial charge in [-0.3, -0.25) is 0 Å². The van der Waals surface area contributed by atoms with E-state index < -0.39 is 0 Å². The first-order valence-electron chi connectivity index (χ1n) is 9.91. The number of carbonyl (C=O) groups excluding carboxylic acids is 1. The summed E-state index contributed by atoms with van der Waals surface area (Å²) in [5.74, 6) is -0.0746. The normalized spacial score (nSPS) is 18.3. The summed E-state index contributed by atoms with van der Waals surface area (Å²) in [6, 6.07) is 23.1. The second kappa shape index (κ2) is 8.43. The van der Waals surface area contributed by atoms with Crippen molar-refractivity contribution >= 4 is 11.7 Å². The molecule has 4 rings (SSSR count). The maximum atomic E-state index is 11.8. The van der Waals surface area contributed by atoms with Gasteiger partial charge in [-0.1, -0.05) is 54.1 Å². The number of quaternary nitrogens is 1. The van der Waals surface area contributed by atoms with Gasteiger partial charge in [0, 0.05) is 17.3 Å². The molecule has 5 heteroatoms. The number of phenolic OH excluding ortho intramolecular Hbond substituents is 1. The summed E-state index contributed by atoms with van der Waals surface area (Å²) in [5.41, 5.74) is 5.70. The lowest BCUT2D eigenvalue weighted by molar-refractivity contribution is -0.731. The number of phenols is 1. The average Bonchev–Trinajstić information content (AvgIpc) is 2.79. The Morgan fingerprint density at radius 2 is 1.70 bits per heavy atom. The monoisotopic (exact) mass is 401 g/mol. The van der Waals surface area contributed by atoms with Gasteiger partial charge >= 0.3 is 5.97 Å². The minimum Gasteiger partial charge on any atom is -0.507 e. The van der Waals surface area contributed by atoms with E-state index in [9.17, 15) is 9.90 Å². The molecule has 30 heavy (non-hydrogen) atoms. The number of esters is 1. The highest BCUT2D eigenvalue weighted by Crippen LogP contribution is 2.29. The number of aryl methyl sites for hydroxylation is 1. The zero-order chi connectivity index (χ0) is 21.1. The van der Waals surface area contributed by atoms with Crippen LogP contribution in [0.2, 0.25) is 0 Å². The Labute approximate surface area is 176 Å². The van der Waals surface area contributed by atoms with Crippen LogP contribution in [0, 0.1) is 6.92 Å². The van der Waals surface area contributed by atoms with Crippen molar-refractivity contribution in [3.63, 3.8) is 0 Å². The highest BCUT2D eigenvalue weighted by molar-refractivity contribution is 5.89. The molecular formula is C25H25N2O3+. The summed E-state index contributed by atoms with van der Waals surface area (Å²) in [7, 11) is 1.38. The number of para-hydroxylation sites is 1. The number of nitrogens with one attached hydrogen (secondary N) is 1. The number of hydrogen-bond donors (Lipinski definition) is 3. The van der Waals surface area contributed by atoms with E-state index in [1.807, 2.05) is 30.3 Å². The Hall–Kier alpha value is -3.57. The molecule has 4 N–H and O–H groups in total. The predicted molar refractivity (Wildman–Crippen MR) is 116 cm³/mol. The molecule has 0 aliphatic carbocycles. The number of benzene rings is 3. The second-order valence-corrected chi connectivity index (χ2v) is 7.46. The topological polar surface area (TPSA) is 75.2 Å². The van der Waals surface area contributed by atoms with Gasteiger partial charge in [0.15, 0.2) is 6.17 Å². The molecule has 3 aromatic carbocycles. The molecule has 0 saturated heterocycles. The van der Waals surface area contributed by atoms with Crippen molar-refractivity contribution in [2.45, 2.75) is 19.1 Å². The predicted octanol–water partition coefficient (Wildman–Crippen LogP) is 3.43. The fourth-order valence-electron chi connectivity index (χ4n) is 3.72. The molecule has 0 saturated carbocycles. The fraction of sp³-hybridized carbons (Fsp3) is 0.160. The molecule has 0 aromatic heterocycles. The molecule has 2 atom stereocenters. The number of methoxy groups -OCH3 is 1. The van der Waals surface area contributed by atoms with Crippen LogP contribution in [-0.2, 0) is 4.74 Å². The van der Waals surface area contributed by atoms with E-state index >= 15 is 0 Å². The minimum atomic E-state index is -0.352. The third-order valence-electron chi connectivity index (χ3n) is 5.41. The van der Waals surface area contributed by atoms with Crippen molar-refractivity contribution in [2.75, 3.05) is 7.11 Å². The van der Waals surface area contributed by atoms with Crippen LogP contribution in [0.1, 0.15) is 44.8 Å². The van der Waals surface area contributed by atoms with Gasteiger partial charge in [0.25, 0.3) is 0 Å². The van der Waals surface area contributed by atoms with Gasteiger partial charge in [-0.05, 0) is 36.8 Å². The lowest BCUT2D eigenvalue weighted by atomic mass is 9.97. The van der Waals surface area contributed by atoms with Gasteiger partial charge in [0.1, 0.15) is 11.8 Å². The maximum Gasteiger partial charge on any atom is 0.337 e. The van der Waals surface area contributed by atoms with Crippen LogP contribution < -0.4 is 10.6 Å². The first-order valence-corrected chi connectivity index (χ1v) is 9.91. The first-order chi connectivity index (χ1) is 14.5. The van der Waals surface area contributed by atoms with Gasteiger partial charge in [0.2, 0.25) is 0 Å². The molecular weight excluding hydrogens is 376 g/mol. The summed E-state index contributed by atoms with van der Waals surface area (Å²) >= 11 is 0. The molecule has 152 valence electrons. The molecule has 3 aromatic rings. The van der Waals surface area contributed by atoms with Crippen LogP contribution in [0.4, 0.5) is 0 Å². The van der Waals surface area contributed by atoms with Crippen molar-refractivity contribution in [1.29, 1.82) is 0 Å². The molecule has 0 bridgehead atoms. The molecule has 0 radical (unpaired) electrons. The van der Waals surface area contributed by atoms with Crippen LogP contribution in [0.25, 0.3) is 5.70 Å². The maximum absolute atomic E-state index is 11.8. The van der Waals surface area contributed by atoms with E-state index in [1.165, 1.54) is 12.7 Å². The number of ether oxygens (including phenoxy) is 1. The Morgan fingerprint density at radius 1 is 1.00 bits per heavy atom. The molecule has 0 fully saturated rings. The Kier molecular flexibility index (Phi) is 5.55. The highest BCUT2D eigenvalue weighted by atomic mass is 16.5. The van der Waals surface area contributed by atoms with E-state index in [1.54, 1.807) is 18.2 Å². The lowest BCUT2D eigenvalue weighted by Gasteiger charge is -2.30. The van der Waals surface area contributed by atoms with Crippen molar-refractivity contribution in [3.05, 3.63) is 107 Å². The van der Waals surface area contributed by atoms with Crippen LogP contribution in [-0.4, -0.2) is 18.2 Å². The van der Waals surface area contributed by atoms with E-state index in [0.717, 1.165) is 22.4 Å². The molecule has 1 heterocycles.